The Bertz CT molecular complexity index is 1340. The molecule has 1 N–H and O–H groups in total. The van der Waals surface area contributed by atoms with Crippen molar-refractivity contribution in [2.45, 2.75) is 0 Å². The number of esters is 1. The number of para-hydroxylation sites is 1. The second kappa shape index (κ2) is 6.77. The Labute approximate surface area is 166 Å². The molecule has 140 valence electrons. The fourth-order valence-electron chi connectivity index (χ4n) is 3.00. The van der Waals surface area contributed by atoms with Crippen molar-refractivity contribution < 1.29 is 23.8 Å². The Kier molecular flexibility index (Phi) is 4.40. The molecule has 1 aromatic heterocycles. The Morgan fingerprint density at radius 1 is 1.29 bits per heavy atom. The highest BCUT2D eigenvalue weighted by molar-refractivity contribution is 7.73. The fourth-order valence-corrected chi connectivity index (χ4v) is 4.37. The smallest absolute Gasteiger partial charge is 0.339 e. The minimum Gasteiger partial charge on any atom is -0.493 e. The van der Waals surface area contributed by atoms with Gasteiger partial charge in [0.25, 0.3) is 5.91 Å². The first-order chi connectivity index (χ1) is 13.4. The van der Waals surface area contributed by atoms with E-state index in [1.54, 1.807) is 18.2 Å². The summed E-state index contributed by atoms with van der Waals surface area (Å²) < 4.78 is 20.0. The second-order valence-electron chi connectivity index (χ2n) is 5.82. The number of aromatic hydroxyl groups is 1. The van der Waals surface area contributed by atoms with Crippen molar-refractivity contribution in [2.75, 3.05) is 7.11 Å². The van der Waals surface area contributed by atoms with E-state index in [1.807, 2.05) is 0 Å². The van der Waals surface area contributed by atoms with Crippen molar-refractivity contribution in [3.63, 3.8) is 0 Å². The van der Waals surface area contributed by atoms with Gasteiger partial charge in [-0.05, 0) is 42.5 Å². The molecule has 0 spiro atoms. The second-order valence-corrected chi connectivity index (χ2v) is 7.46. The number of rotatable bonds is 3. The molecule has 9 heteroatoms. The van der Waals surface area contributed by atoms with Crippen molar-refractivity contribution in [3.8, 4) is 11.6 Å². The van der Waals surface area contributed by atoms with Gasteiger partial charge in [-0.25, -0.2) is 14.2 Å². The third-order valence-electron chi connectivity index (χ3n) is 4.23. The van der Waals surface area contributed by atoms with E-state index in [2.05, 4.69) is 4.99 Å². The summed E-state index contributed by atoms with van der Waals surface area (Å²) in [6, 6.07) is 10.2. The molecule has 1 aliphatic rings. The Morgan fingerprint density at radius 2 is 2.04 bits per heavy atom. The summed E-state index contributed by atoms with van der Waals surface area (Å²) in [6.45, 7) is 0. The summed E-state index contributed by atoms with van der Waals surface area (Å²) in [4.78, 5) is 28.6. The summed E-state index contributed by atoms with van der Waals surface area (Å²) in [6.07, 6.45) is 0. The molecule has 0 aliphatic carbocycles. The summed E-state index contributed by atoms with van der Waals surface area (Å²) in [5, 5.41) is 11.5. The van der Waals surface area contributed by atoms with Crippen LogP contribution in [-0.4, -0.2) is 28.7 Å². The Balaban J connectivity index is 2.01. The van der Waals surface area contributed by atoms with Crippen molar-refractivity contribution in [2.24, 2.45) is 4.99 Å². The number of carbonyl (C=O) groups is 2. The maximum atomic E-state index is 13.7. The van der Waals surface area contributed by atoms with Crippen molar-refractivity contribution in [1.82, 2.24) is 4.57 Å². The third-order valence-corrected chi connectivity index (χ3v) is 5.61. The van der Waals surface area contributed by atoms with Crippen molar-refractivity contribution >= 4 is 41.0 Å². The van der Waals surface area contributed by atoms with Crippen LogP contribution in [0.4, 0.5) is 4.39 Å². The van der Waals surface area contributed by atoms with E-state index in [1.165, 1.54) is 35.9 Å². The number of carbonyl (C=O) groups excluding carboxylic acids is 2. The average molecular weight is 414 g/mol. The fraction of sp³-hybridized carbons (Fsp3) is 0.0526. The highest BCUT2D eigenvalue weighted by Gasteiger charge is 2.27. The van der Waals surface area contributed by atoms with Crippen molar-refractivity contribution in [3.05, 3.63) is 73.3 Å². The molecule has 2 aromatic carbocycles. The lowest BCUT2D eigenvalue weighted by molar-refractivity contribution is -0.112. The first-order valence-electron chi connectivity index (χ1n) is 7.98. The number of nitrogens with zero attached hydrogens (tertiary/aromatic N) is 2. The van der Waals surface area contributed by atoms with Crippen LogP contribution in [0.3, 0.4) is 0 Å². The van der Waals surface area contributed by atoms with Gasteiger partial charge in [0.2, 0.25) is 5.88 Å². The summed E-state index contributed by atoms with van der Waals surface area (Å²) in [5.74, 6) is -2.06. The lowest BCUT2D eigenvalue weighted by Gasteiger charge is -2.10. The lowest BCUT2D eigenvalue weighted by Crippen LogP contribution is -2.23. The summed E-state index contributed by atoms with van der Waals surface area (Å²) in [7, 11) is 1.25. The predicted molar refractivity (Wildman–Crippen MR) is 102 cm³/mol. The minimum absolute atomic E-state index is 0.0670. The number of hydrogen-bond donors (Lipinski definition) is 1. The van der Waals surface area contributed by atoms with Gasteiger partial charge in [-0.15, -0.1) is 11.3 Å². The largest absolute Gasteiger partial charge is 0.493 e. The average Bonchev–Trinajstić information content (AvgIpc) is 3.15. The molecule has 0 saturated carbocycles. The zero-order chi connectivity index (χ0) is 20.0. The quantitative estimate of drug-likeness (QED) is 0.525. The number of aromatic nitrogens is 1. The van der Waals surface area contributed by atoms with Gasteiger partial charge in [-0.3, -0.25) is 9.36 Å². The van der Waals surface area contributed by atoms with E-state index in [4.69, 9.17) is 17.0 Å². The molecule has 28 heavy (non-hydrogen) atoms. The molecule has 0 bridgehead atoms. The monoisotopic (exact) mass is 414 g/mol. The minimum atomic E-state index is -0.600. The van der Waals surface area contributed by atoms with Crippen LogP contribution in [0.5, 0.6) is 5.88 Å². The van der Waals surface area contributed by atoms with Gasteiger partial charge < -0.3 is 9.84 Å². The molecular weight excluding hydrogens is 403 g/mol. The Hall–Kier alpha value is -3.17. The molecule has 0 radical (unpaired) electrons. The van der Waals surface area contributed by atoms with E-state index in [9.17, 15) is 19.1 Å². The topological polar surface area (TPSA) is 80.9 Å². The highest BCUT2D eigenvalue weighted by atomic mass is 32.1. The standard InChI is InChI=1S/C19H11FN2O4S2/c1-26-18(25)10-4-2-3-5-13(10)22-17(24)15(28-19(22)27)14-11-8-9(20)6-7-12(11)21-16(14)23/h2-8,24H,1H3. The van der Waals surface area contributed by atoms with Crippen LogP contribution in [0, 0.1) is 9.77 Å². The predicted octanol–water partition coefficient (Wildman–Crippen LogP) is 2.26. The van der Waals surface area contributed by atoms with E-state index in [-0.39, 0.29) is 31.1 Å². The van der Waals surface area contributed by atoms with E-state index in [0.29, 0.717) is 11.0 Å². The lowest BCUT2D eigenvalue weighted by atomic mass is 10.1. The number of hydrogen-bond acceptors (Lipinski definition) is 6. The van der Waals surface area contributed by atoms with Gasteiger partial charge >= 0.3 is 5.97 Å². The zero-order valence-electron chi connectivity index (χ0n) is 14.3. The summed E-state index contributed by atoms with van der Waals surface area (Å²) in [5.41, 5.74) is 0.568. The number of amides is 1. The third kappa shape index (κ3) is 2.76. The first kappa shape index (κ1) is 18.2. The molecule has 1 aliphatic heterocycles. The highest BCUT2D eigenvalue weighted by Crippen LogP contribution is 2.35. The first-order valence-corrected chi connectivity index (χ1v) is 9.20. The number of fused-ring (bicyclic) bond motifs is 1. The molecule has 0 saturated heterocycles. The molecule has 4 rings (SSSR count). The van der Waals surface area contributed by atoms with Crippen LogP contribution in [0.2, 0.25) is 0 Å². The SMILES string of the molecule is COC(=O)c1ccccc1-n1c(O)c(C2=c3cc(F)ccc3=NC2=O)sc1=S. The van der Waals surface area contributed by atoms with Crippen LogP contribution in [0.1, 0.15) is 15.2 Å². The number of ether oxygens (including phenoxy) is 1. The molecular formula is C19H11FN2O4S2. The molecule has 1 amide bonds. The molecule has 6 nitrogen and oxygen atoms in total. The van der Waals surface area contributed by atoms with Crippen LogP contribution in [-0.2, 0) is 9.53 Å². The van der Waals surface area contributed by atoms with Gasteiger partial charge in [0.1, 0.15) is 10.7 Å². The molecule has 0 fully saturated rings. The zero-order valence-corrected chi connectivity index (χ0v) is 15.9. The van der Waals surface area contributed by atoms with E-state index >= 15 is 0 Å². The van der Waals surface area contributed by atoms with Crippen LogP contribution in [0.15, 0.2) is 47.5 Å². The van der Waals surface area contributed by atoms with Gasteiger partial charge in [-0.2, -0.15) is 0 Å². The van der Waals surface area contributed by atoms with Gasteiger partial charge in [0.05, 0.1) is 29.3 Å². The number of benzene rings is 2. The molecule has 2 heterocycles. The van der Waals surface area contributed by atoms with Crippen LogP contribution >= 0.6 is 23.6 Å². The van der Waals surface area contributed by atoms with E-state index in [0.717, 1.165) is 11.3 Å². The van der Waals surface area contributed by atoms with Gasteiger partial charge in [0.15, 0.2) is 3.95 Å². The summed E-state index contributed by atoms with van der Waals surface area (Å²) >= 11 is 6.33. The number of methoxy groups -OCH3 is 1. The normalized spacial score (nSPS) is 12.6. The van der Waals surface area contributed by atoms with Gasteiger partial charge in [-0.1, -0.05) is 12.1 Å². The van der Waals surface area contributed by atoms with Crippen LogP contribution in [0.25, 0.3) is 11.3 Å². The van der Waals surface area contributed by atoms with Crippen LogP contribution < -0.4 is 10.6 Å². The molecule has 3 aromatic rings. The Morgan fingerprint density at radius 3 is 2.79 bits per heavy atom. The maximum Gasteiger partial charge on any atom is 0.339 e. The molecule has 0 unspecified atom stereocenters. The van der Waals surface area contributed by atoms with E-state index < -0.39 is 17.7 Å². The maximum absolute atomic E-state index is 13.7. The number of halogens is 1. The molecule has 0 atom stereocenters. The van der Waals surface area contributed by atoms with Crippen molar-refractivity contribution in [1.29, 1.82) is 0 Å². The number of thiazole rings is 1. The van der Waals surface area contributed by atoms with Gasteiger partial charge in [0, 0.05) is 5.22 Å².